The Kier molecular flexibility index (Phi) is 4.82. The van der Waals surface area contributed by atoms with Crippen molar-refractivity contribution in [3.05, 3.63) is 6.42 Å². The van der Waals surface area contributed by atoms with E-state index in [0.29, 0.717) is 18.8 Å². The molecule has 0 aromatic heterocycles. The Balaban J connectivity index is 1.72. The third-order valence-corrected chi connectivity index (χ3v) is 5.59. The quantitative estimate of drug-likeness (QED) is 0.742. The van der Waals surface area contributed by atoms with Gasteiger partial charge in [0.05, 0.1) is 5.75 Å². The Morgan fingerprint density at radius 2 is 1.65 bits per heavy atom. The van der Waals surface area contributed by atoms with E-state index in [2.05, 4.69) is 11.3 Å². The van der Waals surface area contributed by atoms with Crippen molar-refractivity contribution in [2.45, 2.75) is 32.1 Å². The van der Waals surface area contributed by atoms with Crippen LogP contribution >= 0.6 is 0 Å². The molecule has 0 saturated carbocycles. The fourth-order valence-electron chi connectivity index (χ4n) is 2.61. The van der Waals surface area contributed by atoms with Crippen molar-refractivity contribution in [3.63, 3.8) is 0 Å². The molecule has 2 saturated heterocycles. The molecule has 0 atom stereocenters. The van der Waals surface area contributed by atoms with Crippen LogP contribution in [-0.4, -0.2) is 56.1 Å². The summed E-state index contributed by atoms with van der Waals surface area (Å²) in [5, 5.41) is 0. The SMILES string of the molecule is O=S(=O)(CCCN1CCCC1)N1CC[CH]CC1. The van der Waals surface area contributed by atoms with E-state index in [4.69, 9.17) is 0 Å². The molecule has 0 aromatic carbocycles. The summed E-state index contributed by atoms with van der Waals surface area (Å²) in [6.45, 7) is 4.62. The molecule has 99 valence electrons. The first-order chi connectivity index (χ1) is 8.18. The van der Waals surface area contributed by atoms with Gasteiger partial charge in [0.1, 0.15) is 0 Å². The van der Waals surface area contributed by atoms with Crippen LogP contribution < -0.4 is 0 Å². The minimum Gasteiger partial charge on any atom is -0.303 e. The van der Waals surface area contributed by atoms with Crippen LogP contribution in [0.4, 0.5) is 0 Å². The molecule has 0 N–H and O–H groups in total. The smallest absolute Gasteiger partial charge is 0.214 e. The van der Waals surface area contributed by atoms with Crippen LogP contribution in [0.3, 0.4) is 0 Å². The van der Waals surface area contributed by atoms with E-state index in [-0.39, 0.29) is 0 Å². The predicted octanol–water partition coefficient (Wildman–Crippen LogP) is 1.10. The third kappa shape index (κ3) is 3.93. The highest BCUT2D eigenvalue weighted by molar-refractivity contribution is 7.89. The lowest BCUT2D eigenvalue weighted by molar-refractivity contribution is 0.336. The molecule has 2 aliphatic rings. The highest BCUT2D eigenvalue weighted by Crippen LogP contribution is 2.14. The molecule has 0 spiro atoms. The van der Waals surface area contributed by atoms with Gasteiger partial charge in [-0.25, -0.2) is 12.7 Å². The molecule has 0 unspecified atom stereocenters. The highest BCUT2D eigenvalue weighted by atomic mass is 32.2. The highest BCUT2D eigenvalue weighted by Gasteiger charge is 2.23. The van der Waals surface area contributed by atoms with Crippen molar-refractivity contribution < 1.29 is 8.42 Å². The molecular formula is C12H23N2O2S. The van der Waals surface area contributed by atoms with Gasteiger partial charge in [-0.1, -0.05) is 0 Å². The summed E-state index contributed by atoms with van der Waals surface area (Å²) in [7, 11) is -2.99. The van der Waals surface area contributed by atoms with Crippen LogP contribution in [-0.2, 0) is 10.0 Å². The van der Waals surface area contributed by atoms with Gasteiger partial charge in [0.25, 0.3) is 0 Å². The second kappa shape index (κ2) is 6.16. The summed E-state index contributed by atoms with van der Waals surface area (Å²) < 4.78 is 25.8. The molecule has 2 aliphatic heterocycles. The fraction of sp³-hybridized carbons (Fsp3) is 0.917. The minimum atomic E-state index is -2.99. The molecular weight excluding hydrogens is 236 g/mol. The lowest BCUT2D eigenvalue weighted by atomic mass is 10.2. The van der Waals surface area contributed by atoms with Gasteiger partial charge in [-0.2, -0.15) is 0 Å². The average molecular weight is 259 g/mol. The Labute approximate surface area is 105 Å². The predicted molar refractivity (Wildman–Crippen MR) is 69.2 cm³/mol. The Morgan fingerprint density at radius 1 is 1.00 bits per heavy atom. The zero-order valence-electron chi connectivity index (χ0n) is 10.5. The van der Waals surface area contributed by atoms with E-state index in [1.165, 1.54) is 12.8 Å². The van der Waals surface area contributed by atoms with Crippen LogP contribution in [0.2, 0.25) is 0 Å². The van der Waals surface area contributed by atoms with Gasteiger partial charge in [-0.15, -0.1) is 0 Å². The molecule has 2 fully saturated rings. The number of hydrogen-bond donors (Lipinski definition) is 0. The summed E-state index contributed by atoms with van der Waals surface area (Å²) in [5.74, 6) is 0.323. The maximum atomic E-state index is 12.1. The number of sulfonamides is 1. The second-order valence-corrected chi connectivity index (χ2v) is 7.07. The summed E-state index contributed by atoms with van der Waals surface area (Å²) >= 11 is 0. The van der Waals surface area contributed by atoms with Crippen LogP contribution in [0, 0.1) is 6.42 Å². The van der Waals surface area contributed by atoms with Gasteiger partial charge < -0.3 is 4.90 Å². The van der Waals surface area contributed by atoms with E-state index in [1.54, 1.807) is 4.31 Å². The monoisotopic (exact) mass is 259 g/mol. The van der Waals surface area contributed by atoms with Crippen molar-refractivity contribution in [1.29, 1.82) is 0 Å². The summed E-state index contributed by atoms with van der Waals surface area (Å²) in [5.41, 5.74) is 0. The van der Waals surface area contributed by atoms with Crippen LogP contribution in [0.1, 0.15) is 32.1 Å². The van der Waals surface area contributed by atoms with Crippen molar-refractivity contribution >= 4 is 10.0 Å². The van der Waals surface area contributed by atoms with E-state index in [1.807, 2.05) is 0 Å². The van der Waals surface area contributed by atoms with Crippen LogP contribution in [0.15, 0.2) is 0 Å². The van der Waals surface area contributed by atoms with Gasteiger partial charge in [-0.3, -0.25) is 0 Å². The van der Waals surface area contributed by atoms with Gasteiger partial charge >= 0.3 is 0 Å². The second-order valence-electron chi connectivity index (χ2n) is 4.98. The van der Waals surface area contributed by atoms with Gasteiger partial charge in [0.2, 0.25) is 10.0 Å². The van der Waals surface area contributed by atoms with Gasteiger partial charge in [-0.05, 0) is 58.2 Å². The molecule has 17 heavy (non-hydrogen) atoms. The maximum absolute atomic E-state index is 12.1. The number of nitrogens with zero attached hydrogens (tertiary/aromatic N) is 2. The average Bonchev–Trinajstić information content (AvgIpc) is 2.83. The standard InChI is InChI=1S/C12H23N2O2S/c15-17(16,14-10-2-1-3-11-14)12-6-9-13-7-4-5-8-13/h1H,2-12H2. The number of hydrogen-bond acceptors (Lipinski definition) is 3. The molecule has 0 aromatic rings. The van der Waals surface area contributed by atoms with Crippen molar-refractivity contribution in [2.24, 2.45) is 0 Å². The van der Waals surface area contributed by atoms with Crippen LogP contribution in [0.25, 0.3) is 0 Å². The summed E-state index contributed by atoms with van der Waals surface area (Å²) in [6, 6.07) is 0. The maximum Gasteiger partial charge on any atom is 0.214 e. The number of likely N-dealkylation sites (tertiary alicyclic amines) is 1. The Bertz CT molecular complexity index is 317. The summed E-state index contributed by atoms with van der Waals surface area (Å²) in [6.07, 6.45) is 7.32. The van der Waals surface area contributed by atoms with E-state index < -0.39 is 10.0 Å². The third-order valence-electron chi connectivity index (χ3n) is 3.63. The Morgan fingerprint density at radius 3 is 2.29 bits per heavy atom. The van der Waals surface area contributed by atoms with Crippen molar-refractivity contribution in [2.75, 3.05) is 38.5 Å². The molecule has 1 radical (unpaired) electrons. The zero-order valence-corrected chi connectivity index (χ0v) is 11.3. The molecule has 0 bridgehead atoms. The lowest BCUT2D eigenvalue weighted by Crippen LogP contribution is -2.38. The number of piperidine rings is 1. The fourth-order valence-corrected chi connectivity index (χ4v) is 4.13. The topological polar surface area (TPSA) is 40.6 Å². The van der Waals surface area contributed by atoms with E-state index in [0.717, 1.165) is 38.9 Å². The first-order valence-corrected chi connectivity index (χ1v) is 8.31. The van der Waals surface area contributed by atoms with E-state index >= 15 is 0 Å². The van der Waals surface area contributed by atoms with Gasteiger partial charge in [0.15, 0.2) is 0 Å². The summed E-state index contributed by atoms with van der Waals surface area (Å²) in [4.78, 5) is 2.37. The molecule has 0 amide bonds. The molecule has 5 heteroatoms. The van der Waals surface area contributed by atoms with Crippen molar-refractivity contribution in [3.8, 4) is 0 Å². The molecule has 4 nitrogen and oxygen atoms in total. The van der Waals surface area contributed by atoms with E-state index in [9.17, 15) is 8.42 Å². The zero-order chi connectivity index (χ0) is 12.1. The number of rotatable bonds is 5. The van der Waals surface area contributed by atoms with Crippen LogP contribution in [0.5, 0.6) is 0 Å². The minimum absolute atomic E-state index is 0.323. The first-order valence-electron chi connectivity index (χ1n) is 6.70. The lowest BCUT2D eigenvalue weighted by Gasteiger charge is -2.26. The normalized spacial score (nSPS) is 24.2. The largest absolute Gasteiger partial charge is 0.303 e. The molecule has 2 rings (SSSR count). The molecule has 0 aliphatic carbocycles. The van der Waals surface area contributed by atoms with Crippen molar-refractivity contribution in [1.82, 2.24) is 9.21 Å². The van der Waals surface area contributed by atoms with Gasteiger partial charge in [0, 0.05) is 13.1 Å². The first kappa shape index (κ1) is 13.3. The molecule has 2 heterocycles. The Hall–Kier alpha value is -0.130.